The van der Waals surface area contributed by atoms with Gasteiger partial charge in [0, 0.05) is 70.6 Å². The van der Waals surface area contributed by atoms with Crippen LogP contribution in [-0.4, -0.2) is 52.7 Å². The number of hydrogen-bond acceptors (Lipinski definition) is 6. The van der Waals surface area contributed by atoms with Crippen molar-refractivity contribution in [2.75, 3.05) is 23.0 Å². The van der Waals surface area contributed by atoms with E-state index in [4.69, 9.17) is 33.0 Å². The fourth-order valence-corrected chi connectivity index (χ4v) is 8.08. The Morgan fingerprint density at radius 2 is 1.74 bits per heavy atom. The Hall–Kier alpha value is -4.40. The van der Waals surface area contributed by atoms with Crippen molar-refractivity contribution in [1.29, 1.82) is 0 Å². The first-order chi connectivity index (χ1) is 23.9. The van der Waals surface area contributed by atoms with Gasteiger partial charge in [0.1, 0.15) is 17.9 Å². The third kappa shape index (κ3) is 6.47. The van der Waals surface area contributed by atoms with Crippen LogP contribution in [0.3, 0.4) is 0 Å². The Morgan fingerprint density at radius 1 is 1.00 bits per heavy atom. The summed E-state index contributed by atoms with van der Waals surface area (Å²) < 4.78 is 8.12. The van der Waals surface area contributed by atoms with E-state index in [0.29, 0.717) is 29.6 Å². The average Bonchev–Trinajstić information content (AvgIpc) is 3.52. The number of carbonyl (C=O) groups is 2. The third-order valence-corrected chi connectivity index (χ3v) is 11.1. The number of rotatable bonds is 12. The number of aromatic nitrogens is 3. The molecule has 0 fully saturated rings. The van der Waals surface area contributed by atoms with Gasteiger partial charge in [0.25, 0.3) is 0 Å². The van der Waals surface area contributed by atoms with Crippen LogP contribution >= 0.6 is 23.2 Å². The summed E-state index contributed by atoms with van der Waals surface area (Å²) in [5.74, 6) is 1.58. The van der Waals surface area contributed by atoms with Crippen molar-refractivity contribution in [2.45, 2.75) is 72.4 Å². The van der Waals surface area contributed by atoms with E-state index in [1.54, 1.807) is 17.2 Å². The number of pyridine rings is 1. The van der Waals surface area contributed by atoms with Gasteiger partial charge in [-0.25, -0.2) is 4.98 Å². The molecule has 5 aromatic rings. The fourth-order valence-electron chi connectivity index (χ4n) is 7.73. The predicted molar refractivity (Wildman–Crippen MR) is 203 cm³/mol. The molecule has 0 spiro atoms. The maximum absolute atomic E-state index is 12.8. The standard InChI is InChI=1S/C40H43Cl2N5O3/c1-23-17-31(18-24(2)38(23)42)50-16-8-9-32-27(5)47(39-34(32)12-13-35(41)37(39)36-26(4)44-45(7)28(36)6)25(3)20-46(22-49)40-33-11-10-29(21-48)19-30(33)14-15-43-40/h10-15,17-19,21-22,25,27,32H,8-9,16,20H2,1-7H3/t25-,27?,32?/m1/s1. The minimum atomic E-state index is -0.115. The Kier molecular flexibility index (Phi) is 10.2. The number of fused-ring (bicyclic) bond motifs is 2. The zero-order valence-corrected chi connectivity index (χ0v) is 31.1. The first kappa shape index (κ1) is 35.4. The number of aldehydes is 1. The molecule has 50 heavy (non-hydrogen) atoms. The highest BCUT2D eigenvalue weighted by Crippen LogP contribution is 2.52. The van der Waals surface area contributed by atoms with Gasteiger partial charge in [-0.15, -0.1) is 0 Å². The molecule has 0 saturated heterocycles. The highest BCUT2D eigenvalue weighted by atomic mass is 35.5. The van der Waals surface area contributed by atoms with E-state index in [1.165, 1.54) is 5.56 Å². The van der Waals surface area contributed by atoms with Crippen LogP contribution in [0.1, 0.15) is 71.0 Å². The molecular weight excluding hydrogens is 669 g/mol. The van der Waals surface area contributed by atoms with Gasteiger partial charge in [-0.2, -0.15) is 5.10 Å². The van der Waals surface area contributed by atoms with Crippen molar-refractivity contribution < 1.29 is 14.3 Å². The SMILES string of the molecule is Cc1cc(OCCCC2c3ccc(Cl)c(-c4c(C)nn(C)c4C)c3N([C@H](C)CN(C=O)c3nccc4cc(C=O)ccc34)C2C)cc(C)c1Cl. The quantitative estimate of drug-likeness (QED) is 0.0949. The molecule has 2 aromatic heterocycles. The molecule has 1 aliphatic heterocycles. The smallest absolute Gasteiger partial charge is 0.215 e. The number of halogens is 2. The predicted octanol–water partition coefficient (Wildman–Crippen LogP) is 9.19. The Labute approximate surface area is 304 Å². The van der Waals surface area contributed by atoms with Gasteiger partial charge in [-0.1, -0.05) is 35.3 Å². The van der Waals surface area contributed by atoms with Crippen LogP contribution in [0.15, 0.2) is 54.7 Å². The molecule has 0 radical (unpaired) electrons. The van der Waals surface area contributed by atoms with Gasteiger partial charge >= 0.3 is 0 Å². The second-order valence-corrected chi connectivity index (χ2v) is 14.3. The van der Waals surface area contributed by atoms with Crippen molar-refractivity contribution in [3.63, 3.8) is 0 Å². The van der Waals surface area contributed by atoms with E-state index in [2.05, 4.69) is 36.7 Å². The summed E-state index contributed by atoms with van der Waals surface area (Å²) in [6.45, 7) is 13.5. The number of anilines is 2. The molecule has 0 aliphatic carbocycles. The van der Waals surface area contributed by atoms with Gasteiger partial charge in [-0.3, -0.25) is 19.2 Å². The van der Waals surface area contributed by atoms with Gasteiger partial charge in [0.15, 0.2) is 0 Å². The normalized spacial score (nSPS) is 16.1. The molecule has 10 heteroatoms. The van der Waals surface area contributed by atoms with E-state index in [1.807, 2.05) is 68.9 Å². The van der Waals surface area contributed by atoms with Crippen molar-refractivity contribution in [3.8, 4) is 16.9 Å². The highest BCUT2D eigenvalue weighted by Gasteiger charge is 2.41. The summed E-state index contributed by atoms with van der Waals surface area (Å²) >= 11 is 13.5. The molecule has 3 aromatic carbocycles. The van der Waals surface area contributed by atoms with Crippen molar-refractivity contribution in [1.82, 2.24) is 14.8 Å². The second kappa shape index (κ2) is 14.4. The van der Waals surface area contributed by atoms with Crippen molar-refractivity contribution >= 4 is 58.2 Å². The lowest BCUT2D eigenvalue weighted by molar-refractivity contribution is -0.107. The van der Waals surface area contributed by atoms with Crippen LogP contribution in [0.25, 0.3) is 21.9 Å². The molecule has 0 N–H and O–H groups in total. The lowest BCUT2D eigenvalue weighted by atomic mass is 9.89. The number of benzene rings is 3. The molecule has 0 saturated carbocycles. The Bertz CT molecular complexity index is 2070. The monoisotopic (exact) mass is 711 g/mol. The van der Waals surface area contributed by atoms with Crippen molar-refractivity contribution in [2.24, 2.45) is 7.05 Å². The van der Waals surface area contributed by atoms with Crippen LogP contribution in [0.2, 0.25) is 10.0 Å². The largest absolute Gasteiger partial charge is 0.494 e. The topological polar surface area (TPSA) is 80.6 Å². The summed E-state index contributed by atoms with van der Waals surface area (Å²) in [6, 6.07) is 15.4. The molecule has 3 heterocycles. The van der Waals surface area contributed by atoms with Gasteiger partial charge in [-0.05, 0) is 113 Å². The molecule has 6 rings (SSSR count). The highest BCUT2D eigenvalue weighted by molar-refractivity contribution is 6.34. The zero-order valence-electron chi connectivity index (χ0n) is 29.6. The maximum Gasteiger partial charge on any atom is 0.215 e. The summed E-state index contributed by atoms with van der Waals surface area (Å²) in [5.41, 5.74) is 8.84. The number of carbonyl (C=O) groups excluding carboxylic acids is 2. The summed E-state index contributed by atoms with van der Waals surface area (Å²) in [5, 5.41) is 7.83. The molecule has 0 bridgehead atoms. The molecular formula is C40H43Cl2N5O3. The summed E-state index contributed by atoms with van der Waals surface area (Å²) in [6.07, 6.45) is 5.09. The van der Waals surface area contributed by atoms with Crippen LogP contribution in [0.4, 0.5) is 11.5 Å². The van der Waals surface area contributed by atoms with E-state index in [-0.39, 0.29) is 18.0 Å². The number of nitrogens with zero attached hydrogens (tertiary/aromatic N) is 5. The van der Waals surface area contributed by atoms with E-state index >= 15 is 0 Å². The van der Waals surface area contributed by atoms with Crippen LogP contribution in [0.5, 0.6) is 5.75 Å². The zero-order chi connectivity index (χ0) is 35.9. The van der Waals surface area contributed by atoms with Crippen molar-refractivity contribution in [3.05, 3.63) is 98.4 Å². The minimum absolute atomic E-state index is 0.0960. The van der Waals surface area contributed by atoms with Crippen LogP contribution < -0.4 is 14.5 Å². The molecule has 1 amide bonds. The number of ether oxygens (including phenoxy) is 1. The summed E-state index contributed by atoms with van der Waals surface area (Å²) in [4.78, 5) is 32.9. The lowest BCUT2D eigenvalue weighted by Gasteiger charge is -2.36. The van der Waals surface area contributed by atoms with E-state index < -0.39 is 0 Å². The Balaban J connectivity index is 1.35. The first-order valence-corrected chi connectivity index (χ1v) is 17.8. The average molecular weight is 713 g/mol. The molecule has 3 atom stereocenters. The maximum atomic E-state index is 12.8. The summed E-state index contributed by atoms with van der Waals surface area (Å²) in [7, 11) is 1.95. The Morgan fingerprint density at radius 3 is 2.40 bits per heavy atom. The van der Waals surface area contributed by atoms with E-state index in [9.17, 15) is 9.59 Å². The fraction of sp³-hybridized carbons (Fsp3) is 0.350. The number of aryl methyl sites for hydroxylation is 4. The second-order valence-electron chi connectivity index (χ2n) is 13.5. The molecule has 1 aliphatic rings. The van der Waals surface area contributed by atoms with E-state index in [0.717, 1.165) is 86.4 Å². The van der Waals surface area contributed by atoms with Gasteiger partial charge in [0.2, 0.25) is 6.41 Å². The molecule has 260 valence electrons. The first-order valence-electron chi connectivity index (χ1n) is 17.0. The van der Waals surface area contributed by atoms with Crippen LogP contribution in [0, 0.1) is 27.7 Å². The van der Waals surface area contributed by atoms with Crippen LogP contribution in [-0.2, 0) is 11.8 Å². The lowest BCUT2D eigenvalue weighted by Crippen LogP contribution is -2.46. The van der Waals surface area contributed by atoms with Gasteiger partial charge in [0.05, 0.1) is 23.0 Å². The number of amides is 1. The number of hydrogen-bond donors (Lipinski definition) is 0. The molecule has 2 unspecified atom stereocenters. The molecule has 8 nitrogen and oxygen atoms in total. The third-order valence-electron chi connectivity index (χ3n) is 10.2. The minimum Gasteiger partial charge on any atom is -0.494 e. The van der Waals surface area contributed by atoms with Gasteiger partial charge < -0.3 is 9.64 Å².